The van der Waals surface area contributed by atoms with Gasteiger partial charge in [0.25, 0.3) is 0 Å². The van der Waals surface area contributed by atoms with Crippen molar-refractivity contribution in [1.82, 2.24) is 14.8 Å². The van der Waals surface area contributed by atoms with Gasteiger partial charge in [-0.3, -0.25) is 0 Å². The van der Waals surface area contributed by atoms with Crippen LogP contribution in [0.1, 0.15) is 28.8 Å². The van der Waals surface area contributed by atoms with Crippen LogP contribution in [0.15, 0.2) is 83.5 Å². The fourth-order valence-corrected chi connectivity index (χ4v) is 5.18. The van der Waals surface area contributed by atoms with Gasteiger partial charge >= 0.3 is 0 Å². The molecule has 1 N–H and O–H groups in total. The highest BCUT2D eigenvalue weighted by Gasteiger charge is 2.41. The number of hydrogen-bond donors (Lipinski definition) is 1. The predicted molar refractivity (Wildman–Crippen MR) is 135 cm³/mol. The standard InChI is InChI=1S/C26H21ClN4O2S/c1-32-18-8-3-15(4-9-18)24-22-23(30-26-28-14-29-31(24)26)20-13-17(27)7-12-21(20)33-25(22)16-5-10-19(34-2)11-6-16/h3-14,24-25H,1-2H3,(H,28,29,30)/t24-,25-/m0/s1. The predicted octanol–water partition coefficient (Wildman–Crippen LogP) is 6.22. The maximum absolute atomic E-state index is 6.65. The minimum Gasteiger partial charge on any atom is -0.497 e. The average Bonchev–Trinajstić information content (AvgIpc) is 3.35. The molecule has 3 heterocycles. The number of methoxy groups -OCH3 is 1. The molecule has 6 rings (SSSR count). The number of benzene rings is 3. The van der Waals surface area contributed by atoms with Crippen LogP contribution < -0.4 is 14.8 Å². The van der Waals surface area contributed by atoms with E-state index in [1.807, 2.05) is 35.0 Å². The van der Waals surface area contributed by atoms with Gasteiger partial charge in [0.05, 0.1) is 12.8 Å². The summed E-state index contributed by atoms with van der Waals surface area (Å²) in [5.41, 5.74) is 5.03. The van der Waals surface area contributed by atoms with Gasteiger partial charge in [-0.05, 0) is 59.8 Å². The fraction of sp³-hybridized carbons (Fsp3) is 0.154. The second-order valence-corrected chi connectivity index (χ2v) is 9.39. The minimum absolute atomic E-state index is 0.225. The third kappa shape index (κ3) is 3.43. The first-order chi connectivity index (χ1) is 16.7. The molecule has 2 aliphatic heterocycles. The number of aromatic nitrogens is 3. The van der Waals surface area contributed by atoms with Crippen molar-refractivity contribution in [2.75, 3.05) is 18.7 Å². The summed E-state index contributed by atoms with van der Waals surface area (Å²) in [6, 6.07) is 22.0. The highest BCUT2D eigenvalue weighted by molar-refractivity contribution is 7.98. The van der Waals surface area contributed by atoms with Gasteiger partial charge in [0.15, 0.2) is 0 Å². The van der Waals surface area contributed by atoms with E-state index in [4.69, 9.17) is 21.1 Å². The molecule has 0 aliphatic carbocycles. The molecule has 170 valence electrons. The molecule has 8 heteroatoms. The first-order valence-electron chi connectivity index (χ1n) is 10.8. The fourth-order valence-electron chi connectivity index (χ4n) is 4.60. The molecule has 0 saturated heterocycles. The van der Waals surface area contributed by atoms with Crippen molar-refractivity contribution in [1.29, 1.82) is 0 Å². The third-order valence-corrected chi connectivity index (χ3v) is 7.20. The first kappa shape index (κ1) is 21.1. The van der Waals surface area contributed by atoms with Crippen LogP contribution in [0.4, 0.5) is 5.95 Å². The average molecular weight is 489 g/mol. The Hall–Kier alpha value is -3.42. The number of hydrogen-bond acceptors (Lipinski definition) is 6. The summed E-state index contributed by atoms with van der Waals surface area (Å²) < 4.78 is 13.9. The summed E-state index contributed by atoms with van der Waals surface area (Å²) in [5, 5.41) is 8.72. The second kappa shape index (κ2) is 8.42. The van der Waals surface area contributed by atoms with E-state index in [2.05, 4.69) is 58.1 Å². The monoisotopic (exact) mass is 488 g/mol. The van der Waals surface area contributed by atoms with E-state index in [1.165, 1.54) is 4.90 Å². The molecule has 0 unspecified atom stereocenters. The normalized spacial score (nSPS) is 18.3. The van der Waals surface area contributed by atoms with Gasteiger partial charge in [0, 0.05) is 21.1 Å². The smallest absolute Gasteiger partial charge is 0.226 e. The molecular weight excluding hydrogens is 468 g/mol. The zero-order valence-electron chi connectivity index (χ0n) is 18.5. The minimum atomic E-state index is -0.323. The highest BCUT2D eigenvalue weighted by atomic mass is 35.5. The van der Waals surface area contributed by atoms with E-state index in [0.29, 0.717) is 11.0 Å². The van der Waals surface area contributed by atoms with Crippen LogP contribution >= 0.6 is 23.4 Å². The van der Waals surface area contributed by atoms with Crippen molar-refractivity contribution in [3.05, 3.63) is 100 Å². The van der Waals surface area contributed by atoms with E-state index in [1.54, 1.807) is 25.2 Å². The lowest BCUT2D eigenvalue weighted by Crippen LogP contribution is -2.32. The lowest BCUT2D eigenvalue weighted by Gasteiger charge is -2.39. The number of nitrogens with one attached hydrogen (secondary N) is 1. The number of nitrogens with zero attached hydrogens (tertiary/aromatic N) is 3. The number of anilines is 1. The lowest BCUT2D eigenvalue weighted by molar-refractivity contribution is 0.223. The van der Waals surface area contributed by atoms with Crippen LogP contribution in [-0.2, 0) is 0 Å². The summed E-state index contributed by atoms with van der Waals surface area (Å²) >= 11 is 8.12. The molecule has 0 saturated carbocycles. The molecule has 2 aliphatic rings. The van der Waals surface area contributed by atoms with Gasteiger partial charge in [0.1, 0.15) is 30.0 Å². The molecule has 34 heavy (non-hydrogen) atoms. The van der Waals surface area contributed by atoms with Gasteiger partial charge in [-0.1, -0.05) is 35.9 Å². The Kier molecular flexibility index (Phi) is 5.23. The summed E-state index contributed by atoms with van der Waals surface area (Å²) in [5.74, 6) is 2.24. The van der Waals surface area contributed by atoms with Crippen molar-refractivity contribution in [3.8, 4) is 11.5 Å². The van der Waals surface area contributed by atoms with Gasteiger partial charge in [0.2, 0.25) is 5.95 Å². The molecule has 4 aromatic rings. The van der Waals surface area contributed by atoms with Crippen molar-refractivity contribution < 1.29 is 9.47 Å². The highest BCUT2D eigenvalue weighted by Crippen LogP contribution is 2.51. The van der Waals surface area contributed by atoms with Crippen molar-refractivity contribution in [2.45, 2.75) is 17.0 Å². The summed E-state index contributed by atoms with van der Waals surface area (Å²) in [7, 11) is 1.67. The van der Waals surface area contributed by atoms with Crippen LogP contribution in [0.5, 0.6) is 11.5 Å². The Morgan fingerprint density at radius 1 is 1.03 bits per heavy atom. The number of halogens is 1. The Balaban J connectivity index is 1.59. The number of rotatable bonds is 4. The zero-order chi connectivity index (χ0) is 23.2. The maximum Gasteiger partial charge on any atom is 0.226 e. The number of fused-ring (bicyclic) bond motifs is 3. The van der Waals surface area contributed by atoms with Crippen LogP contribution in [0.3, 0.4) is 0 Å². The largest absolute Gasteiger partial charge is 0.497 e. The van der Waals surface area contributed by atoms with Gasteiger partial charge in [-0.25, -0.2) is 4.68 Å². The third-order valence-electron chi connectivity index (χ3n) is 6.23. The Labute approximate surface area is 206 Å². The van der Waals surface area contributed by atoms with E-state index >= 15 is 0 Å². The molecule has 0 bridgehead atoms. The van der Waals surface area contributed by atoms with Crippen LogP contribution in [-0.4, -0.2) is 28.1 Å². The molecule has 3 aromatic carbocycles. The number of ether oxygens (including phenoxy) is 2. The number of thioether (sulfide) groups is 1. The molecule has 0 spiro atoms. The zero-order valence-corrected chi connectivity index (χ0v) is 20.1. The Morgan fingerprint density at radius 2 is 1.79 bits per heavy atom. The van der Waals surface area contributed by atoms with E-state index < -0.39 is 0 Å². The van der Waals surface area contributed by atoms with E-state index in [0.717, 1.165) is 39.5 Å². The molecule has 1 aromatic heterocycles. The van der Waals surface area contributed by atoms with Gasteiger partial charge < -0.3 is 14.8 Å². The quantitative estimate of drug-likeness (QED) is 0.344. The van der Waals surface area contributed by atoms with Crippen LogP contribution in [0, 0.1) is 0 Å². The van der Waals surface area contributed by atoms with Crippen molar-refractivity contribution in [3.63, 3.8) is 0 Å². The lowest BCUT2D eigenvalue weighted by atomic mass is 9.84. The van der Waals surface area contributed by atoms with Crippen molar-refractivity contribution in [2.24, 2.45) is 0 Å². The molecule has 2 atom stereocenters. The SMILES string of the molecule is COc1ccc([C@H]2C3=C(Nc4ncnn42)c2cc(Cl)ccc2O[C@H]3c2ccc(SC)cc2)cc1. The van der Waals surface area contributed by atoms with Crippen LogP contribution in [0.25, 0.3) is 5.70 Å². The van der Waals surface area contributed by atoms with E-state index in [9.17, 15) is 0 Å². The summed E-state index contributed by atoms with van der Waals surface area (Å²) in [6.45, 7) is 0. The van der Waals surface area contributed by atoms with Gasteiger partial charge in [-0.2, -0.15) is 10.1 Å². The summed E-state index contributed by atoms with van der Waals surface area (Å²) in [4.78, 5) is 5.68. The molecular formula is C26H21ClN4O2S. The van der Waals surface area contributed by atoms with Crippen LogP contribution in [0.2, 0.25) is 5.02 Å². The molecule has 0 radical (unpaired) electrons. The van der Waals surface area contributed by atoms with Gasteiger partial charge in [-0.15, -0.1) is 11.8 Å². The molecule has 6 nitrogen and oxygen atoms in total. The molecule has 0 fully saturated rings. The van der Waals surface area contributed by atoms with Crippen molar-refractivity contribution >= 4 is 35.0 Å². The topological polar surface area (TPSA) is 61.2 Å². The first-order valence-corrected chi connectivity index (χ1v) is 12.4. The Bertz CT molecular complexity index is 1400. The van der Waals surface area contributed by atoms with E-state index in [-0.39, 0.29) is 12.1 Å². The Morgan fingerprint density at radius 3 is 2.53 bits per heavy atom. The maximum atomic E-state index is 6.65. The summed E-state index contributed by atoms with van der Waals surface area (Å²) in [6.07, 6.45) is 3.32. The second-order valence-electron chi connectivity index (χ2n) is 8.07. The molecule has 0 amide bonds.